The third-order valence-electron chi connectivity index (χ3n) is 2.03. The standard InChI is InChI=1S/C10H8BrFN2O2/c1-2-16-10(15)7-4-13-14-5-6(11)3-8(12)9(7)14/h3-5H,2H2,1H3. The molecule has 0 atom stereocenters. The van der Waals surface area contributed by atoms with Gasteiger partial charge in [-0.1, -0.05) is 0 Å². The van der Waals surface area contributed by atoms with Crippen molar-refractivity contribution in [3.63, 3.8) is 0 Å². The Morgan fingerprint density at radius 3 is 3.12 bits per heavy atom. The first-order chi connectivity index (χ1) is 7.63. The summed E-state index contributed by atoms with van der Waals surface area (Å²) in [5.74, 6) is -1.09. The molecule has 4 nitrogen and oxygen atoms in total. The molecule has 0 radical (unpaired) electrons. The number of hydrogen-bond donors (Lipinski definition) is 0. The highest BCUT2D eigenvalue weighted by Crippen LogP contribution is 2.20. The Morgan fingerprint density at radius 2 is 2.44 bits per heavy atom. The van der Waals surface area contributed by atoms with Gasteiger partial charge in [-0.3, -0.25) is 0 Å². The zero-order chi connectivity index (χ0) is 11.7. The van der Waals surface area contributed by atoms with Gasteiger partial charge < -0.3 is 4.74 Å². The lowest BCUT2D eigenvalue weighted by atomic mass is 10.2. The van der Waals surface area contributed by atoms with Gasteiger partial charge in [-0.05, 0) is 28.9 Å². The van der Waals surface area contributed by atoms with Crippen molar-refractivity contribution in [3.05, 3.63) is 34.3 Å². The monoisotopic (exact) mass is 286 g/mol. The number of nitrogens with zero attached hydrogens (tertiary/aromatic N) is 2. The molecular formula is C10H8BrFN2O2. The number of carbonyl (C=O) groups is 1. The van der Waals surface area contributed by atoms with Crippen LogP contribution in [-0.4, -0.2) is 22.2 Å². The zero-order valence-electron chi connectivity index (χ0n) is 8.41. The third-order valence-corrected chi connectivity index (χ3v) is 2.46. The van der Waals surface area contributed by atoms with Crippen molar-refractivity contribution in [2.24, 2.45) is 0 Å². The van der Waals surface area contributed by atoms with E-state index in [9.17, 15) is 9.18 Å². The number of pyridine rings is 1. The average molecular weight is 287 g/mol. The first kappa shape index (κ1) is 11.1. The lowest BCUT2D eigenvalue weighted by molar-refractivity contribution is 0.0528. The summed E-state index contributed by atoms with van der Waals surface area (Å²) in [6.45, 7) is 1.94. The fourth-order valence-electron chi connectivity index (χ4n) is 1.40. The molecule has 0 fully saturated rings. The van der Waals surface area contributed by atoms with Crippen LogP contribution in [-0.2, 0) is 4.74 Å². The highest BCUT2D eigenvalue weighted by atomic mass is 79.9. The van der Waals surface area contributed by atoms with Crippen LogP contribution in [0.2, 0.25) is 0 Å². The first-order valence-corrected chi connectivity index (χ1v) is 5.42. The lowest BCUT2D eigenvalue weighted by Crippen LogP contribution is -2.05. The Balaban J connectivity index is 2.60. The van der Waals surface area contributed by atoms with Crippen molar-refractivity contribution in [1.29, 1.82) is 0 Å². The number of aromatic nitrogens is 2. The largest absolute Gasteiger partial charge is 0.462 e. The molecule has 6 heteroatoms. The fourth-order valence-corrected chi connectivity index (χ4v) is 1.79. The van der Waals surface area contributed by atoms with Gasteiger partial charge in [0.2, 0.25) is 0 Å². The number of ether oxygens (including phenoxy) is 1. The van der Waals surface area contributed by atoms with Gasteiger partial charge in [0.1, 0.15) is 11.1 Å². The van der Waals surface area contributed by atoms with Crippen LogP contribution in [0.1, 0.15) is 17.3 Å². The number of carbonyl (C=O) groups excluding carboxylic acids is 1. The molecular weight excluding hydrogens is 279 g/mol. The third kappa shape index (κ3) is 1.80. The van der Waals surface area contributed by atoms with E-state index in [1.165, 1.54) is 16.8 Å². The van der Waals surface area contributed by atoms with E-state index in [4.69, 9.17) is 4.74 Å². The summed E-state index contributed by atoms with van der Waals surface area (Å²) in [4.78, 5) is 11.5. The minimum atomic E-state index is -0.571. The number of esters is 1. The summed E-state index contributed by atoms with van der Waals surface area (Å²) in [6.07, 6.45) is 2.87. The van der Waals surface area contributed by atoms with Gasteiger partial charge >= 0.3 is 5.97 Å². The zero-order valence-corrected chi connectivity index (χ0v) is 9.99. The molecule has 2 aromatic rings. The maximum atomic E-state index is 13.6. The molecule has 2 heterocycles. The van der Waals surface area contributed by atoms with E-state index in [0.717, 1.165) is 0 Å². The first-order valence-electron chi connectivity index (χ1n) is 4.63. The van der Waals surface area contributed by atoms with Gasteiger partial charge in [-0.15, -0.1) is 0 Å². The molecule has 0 aliphatic carbocycles. The smallest absolute Gasteiger partial charge is 0.342 e. The summed E-state index contributed by atoms with van der Waals surface area (Å²) in [5, 5.41) is 3.89. The molecule has 0 saturated heterocycles. The van der Waals surface area contributed by atoms with E-state index in [2.05, 4.69) is 21.0 Å². The summed E-state index contributed by atoms with van der Waals surface area (Å²) < 4.78 is 20.3. The van der Waals surface area contributed by atoms with E-state index in [1.54, 1.807) is 13.1 Å². The van der Waals surface area contributed by atoms with Crippen molar-refractivity contribution in [1.82, 2.24) is 9.61 Å². The van der Waals surface area contributed by atoms with Crippen molar-refractivity contribution in [3.8, 4) is 0 Å². The predicted molar refractivity (Wildman–Crippen MR) is 58.8 cm³/mol. The average Bonchev–Trinajstić information content (AvgIpc) is 2.61. The summed E-state index contributed by atoms with van der Waals surface area (Å²) in [7, 11) is 0. The molecule has 2 rings (SSSR count). The van der Waals surface area contributed by atoms with E-state index in [-0.39, 0.29) is 17.7 Å². The van der Waals surface area contributed by atoms with Crippen molar-refractivity contribution >= 4 is 27.4 Å². The molecule has 0 N–H and O–H groups in total. The number of fused-ring (bicyclic) bond motifs is 1. The van der Waals surface area contributed by atoms with Gasteiger partial charge in [0.05, 0.1) is 12.8 Å². The van der Waals surface area contributed by atoms with Crippen LogP contribution in [0.3, 0.4) is 0 Å². The molecule has 0 bridgehead atoms. The quantitative estimate of drug-likeness (QED) is 0.797. The highest BCUT2D eigenvalue weighted by Gasteiger charge is 2.17. The molecule has 0 amide bonds. The molecule has 0 aromatic carbocycles. The Morgan fingerprint density at radius 1 is 1.69 bits per heavy atom. The van der Waals surface area contributed by atoms with Gasteiger partial charge in [-0.2, -0.15) is 5.10 Å². The molecule has 0 aliphatic heterocycles. The molecule has 2 aromatic heterocycles. The normalized spacial score (nSPS) is 10.7. The van der Waals surface area contributed by atoms with Gasteiger partial charge in [0.15, 0.2) is 5.82 Å². The molecule has 0 aliphatic rings. The van der Waals surface area contributed by atoms with E-state index >= 15 is 0 Å². The predicted octanol–water partition coefficient (Wildman–Crippen LogP) is 2.41. The van der Waals surface area contributed by atoms with Crippen molar-refractivity contribution in [2.75, 3.05) is 6.61 Å². The Hall–Kier alpha value is -1.43. The Bertz CT molecular complexity index is 553. The van der Waals surface area contributed by atoms with Crippen LogP contribution >= 0.6 is 15.9 Å². The SMILES string of the molecule is CCOC(=O)c1cnn2cc(Br)cc(F)c12. The van der Waals surface area contributed by atoms with Crippen LogP contribution in [0.5, 0.6) is 0 Å². The number of rotatable bonds is 2. The van der Waals surface area contributed by atoms with E-state index < -0.39 is 11.8 Å². The molecule has 0 spiro atoms. The van der Waals surface area contributed by atoms with Crippen molar-refractivity contribution < 1.29 is 13.9 Å². The maximum Gasteiger partial charge on any atom is 0.342 e. The fraction of sp³-hybridized carbons (Fsp3) is 0.200. The van der Waals surface area contributed by atoms with Gasteiger partial charge in [0, 0.05) is 10.7 Å². The molecule has 0 unspecified atom stereocenters. The van der Waals surface area contributed by atoms with Crippen LogP contribution in [0, 0.1) is 5.82 Å². The number of hydrogen-bond acceptors (Lipinski definition) is 3. The van der Waals surface area contributed by atoms with E-state index in [0.29, 0.717) is 4.47 Å². The Kier molecular flexibility index (Phi) is 2.91. The molecule has 16 heavy (non-hydrogen) atoms. The summed E-state index contributed by atoms with van der Waals surface area (Å²) in [5.41, 5.74) is 0.258. The van der Waals surface area contributed by atoms with Crippen LogP contribution in [0.15, 0.2) is 22.9 Å². The summed E-state index contributed by atoms with van der Waals surface area (Å²) >= 11 is 3.14. The van der Waals surface area contributed by atoms with Crippen molar-refractivity contribution in [2.45, 2.75) is 6.92 Å². The van der Waals surface area contributed by atoms with Crippen LogP contribution < -0.4 is 0 Å². The minimum Gasteiger partial charge on any atom is -0.462 e. The van der Waals surface area contributed by atoms with E-state index in [1.807, 2.05) is 0 Å². The van der Waals surface area contributed by atoms with Gasteiger partial charge in [0.25, 0.3) is 0 Å². The van der Waals surface area contributed by atoms with Crippen LogP contribution in [0.4, 0.5) is 4.39 Å². The van der Waals surface area contributed by atoms with Gasteiger partial charge in [-0.25, -0.2) is 13.7 Å². The number of halogens is 2. The lowest BCUT2D eigenvalue weighted by Gasteiger charge is -2.01. The minimum absolute atomic E-state index is 0.127. The highest BCUT2D eigenvalue weighted by molar-refractivity contribution is 9.10. The van der Waals surface area contributed by atoms with Crippen LogP contribution in [0.25, 0.3) is 5.52 Å². The second kappa shape index (κ2) is 4.21. The molecule has 84 valence electrons. The summed E-state index contributed by atoms with van der Waals surface area (Å²) in [6, 6.07) is 1.28. The maximum absolute atomic E-state index is 13.6. The Labute approximate surface area is 99.1 Å². The second-order valence-electron chi connectivity index (χ2n) is 3.08. The molecule has 0 saturated carbocycles. The second-order valence-corrected chi connectivity index (χ2v) is 3.99. The topological polar surface area (TPSA) is 43.6 Å².